The van der Waals surface area contributed by atoms with E-state index in [-0.39, 0.29) is 4.21 Å². The quantitative estimate of drug-likeness (QED) is 0.598. The highest BCUT2D eigenvalue weighted by molar-refractivity contribution is 14.2. The normalized spacial score (nSPS) is 15.4. The minimum absolute atomic E-state index is 0.200. The van der Waals surface area contributed by atoms with Crippen LogP contribution in [0.5, 0.6) is 0 Å². The molecule has 1 heterocycles. The molecule has 5 nitrogen and oxygen atoms in total. The van der Waals surface area contributed by atoms with Gasteiger partial charge >= 0.3 is 6.03 Å². The van der Waals surface area contributed by atoms with Crippen LogP contribution in [0.15, 0.2) is 14.6 Å². The van der Waals surface area contributed by atoms with E-state index in [0.717, 1.165) is 17.4 Å². The predicted molar refractivity (Wildman–Crippen MR) is 72.0 cm³/mol. The van der Waals surface area contributed by atoms with E-state index in [1.54, 1.807) is 0 Å². The molecule has 0 aliphatic heterocycles. The van der Waals surface area contributed by atoms with E-state index in [9.17, 15) is 18.5 Å². The van der Waals surface area contributed by atoms with Crippen molar-refractivity contribution >= 4 is 45.5 Å². The molecule has 0 unspecified atom stereocenters. The smallest absolute Gasteiger partial charge is 0.347 e. The summed E-state index contributed by atoms with van der Waals surface area (Å²) in [6.45, 7) is -0.278. The van der Waals surface area contributed by atoms with E-state index in [1.165, 1.54) is 35.1 Å². The number of nitrogens with two attached hydrogens (primary N) is 1. The van der Waals surface area contributed by atoms with Crippen molar-refractivity contribution in [2.75, 3.05) is 0 Å². The van der Waals surface area contributed by atoms with Gasteiger partial charge in [-0.1, -0.05) is 0 Å². The molecule has 0 aromatic carbocycles. The standard InChI is InChI=1S/C8H10FIN2O3S2/c1-8(2,14)5-3-4(9)6(16-5)17(10,15)12-7(11)13/h3,14H,1-2H3,(H2,11,13)/t17-/m0/s1. The highest BCUT2D eigenvalue weighted by atomic mass is 127. The SMILES string of the molecule is CC(C)(O)c1cc(F)c([S@](=O)(I)=NC(N)=O)s1. The molecule has 0 aliphatic carbocycles. The van der Waals surface area contributed by atoms with Crippen molar-refractivity contribution in [3.63, 3.8) is 0 Å². The number of aliphatic hydroxyl groups is 1. The molecule has 1 aromatic rings. The van der Waals surface area contributed by atoms with E-state index in [4.69, 9.17) is 5.73 Å². The number of halogens is 2. The van der Waals surface area contributed by atoms with E-state index in [1.807, 2.05) is 0 Å². The molecular formula is C8H10FIN2O3S2. The van der Waals surface area contributed by atoms with Crippen LogP contribution < -0.4 is 5.73 Å². The Kier molecular flexibility index (Phi) is 4.16. The molecule has 3 N–H and O–H groups in total. The van der Waals surface area contributed by atoms with Crippen LogP contribution in [-0.2, 0) is 12.5 Å². The van der Waals surface area contributed by atoms with Crippen LogP contribution in [0, 0.1) is 5.82 Å². The third kappa shape index (κ3) is 3.60. The van der Waals surface area contributed by atoms with Crippen molar-refractivity contribution in [1.82, 2.24) is 0 Å². The first-order chi connectivity index (χ1) is 7.54. The van der Waals surface area contributed by atoms with E-state index in [2.05, 4.69) is 4.36 Å². The average molecular weight is 392 g/mol. The zero-order chi connectivity index (χ0) is 13.4. The maximum absolute atomic E-state index is 13.6. The summed E-state index contributed by atoms with van der Waals surface area (Å²) >= 11 is 2.18. The third-order valence-electron chi connectivity index (χ3n) is 1.69. The lowest BCUT2D eigenvalue weighted by atomic mass is 10.1. The van der Waals surface area contributed by atoms with Gasteiger partial charge in [0, 0.05) is 4.88 Å². The highest BCUT2D eigenvalue weighted by Gasteiger charge is 2.26. The van der Waals surface area contributed by atoms with Crippen LogP contribution in [0.3, 0.4) is 0 Å². The fourth-order valence-electron chi connectivity index (χ4n) is 0.982. The molecule has 2 amide bonds. The minimum atomic E-state index is -3.23. The van der Waals surface area contributed by atoms with Crippen molar-refractivity contribution in [2.24, 2.45) is 10.1 Å². The summed E-state index contributed by atoms with van der Waals surface area (Å²) in [6, 6.07) is -0.0449. The van der Waals surface area contributed by atoms with Crippen LogP contribution in [0.25, 0.3) is 0 Å². The summed E-state index contributed by atoms with van der Waals surface area (Å²) in [5.74, 6) is -0.767. The Morgan fingerprint density at radius 3 is 2.59 bits per heavy atom. The molecule has 0 fully saturated rings. The van der Waals surface area contributed by atoms with E-state index in [0.29, 0.717) is 4.88 Å². The van der Waals surface area contributed by atoms with Crippen molar-refractivity contribution in [3.05, 3.63) is 16.8 Å². The number of nitrogens with zero attached hydrogens (tertiary/aromatic N) is 1. The lowest BCUT2D eigenvalue weighted by Gasteiger charge is -2.13. The maximum Gasteiger partial charge on any atom is 0.347 e. The molecule has 1 atom stereocenters. The molecule has 17 heavy (non-hydrogen) atoms. The highest BCUT2D eigenvalue weighted by Crippen LogP contribution is 2.36. The zero-order valence-electron chi connectivity index (χ0n) is 8.94. The second kappa shape index (κ2) is 4.78. The van der Waals surface area contributed by atoms with Gasteiger partial charge in [-0.2, -0.15) is 0 Å². The van der Waals surface area contributed by atoms with Crippen LogP contribution in [0.1, 0.15) is 18.7 Å². The van der Waals surface area contributed by atoms with Crippen LogP contribution in [-0.4, -0.2) is 15.3 Å². The van der Waals surface area contributed by atoms with Gasteiger partial charge in [0.25, 0.3) is 0 Å². The van der Waals surface area contributed by atoms with Gasteiger partial charge in [-0.15, -0.1) is 15.7 Å². The summed E-state index contributed by atoms with van der Waals surface area (Å²) in [4.78, 5) is 10.9. The van der Waals surface area contributed by atoms with Crippen molar-refractivity contribution in [1.29, 1.82) is 0 Å². The van der Waals surface area contributed by atoms with E-state index < -0.39 is 24.3 Å². The molecule has 0 saturated carbocycles. The summed E-state index contributed by atoms with van der Waals surface area (Å²) in [7, 11) is 0. The monoisotopic (exact) mass is 392 g/mol. The van der Waals surface area contributed by atoms with Crippen molar-refractivity contribution < 1.29 is 18.5 Å². The number of amides is 2. The molecular weight excluding hydrogens is 382 g/mol. The Morgan fingerprint density at radius 2 is 2.24 bits per heavy atom. The van der Waals surface area contributed by atoms with Gasteiger partial charge in [-0.3, -0.25) is 0 Å². The Morgan fingerprint density at radius 1 is 1.71 bits per heavy atom. The summed E-state index contributed by atoms with van der Waals surface area (Å²) < 4.78 is 28.5. The van der Waals surface area contributed by atoms with Gasteiger partial charge in [-0.05, 0) is 19.9 Å². The van der Waals surface area contributed by atoms with Gasteiger partial charge in [-0.25, -0.2) is 13.4 Å². The first-order valence-electron chi connectivity index (χ1n) is 4.32. The lowest BCUT2D eigenvalue weighted by molar-refractivity contribution is 0.0823. The topological polar surface area (TPSA) is 92.8 Å². The molecule has 0 aliphatic rings. The maximum atomic E-state index is 13.6. The minimum Gasteiger partial charge on any atom is -0.385 e. The molecule has 96 valence electrons. The average Bonchev–Trinajstić information content (AvgIpc) is 2.44. The van der Waals surface area contributed by atoms with Gasteiger partial charge in [0.05, 0.1) is 26.8 Å². The van der Waals surface area contributed by atoms with Gasteiger partial charge in [0.2, 0.25) is 0 Å². The number of urea groups is 1. The Bertz CT molecular complexity index is 570. The number of hydrogen-bond donors (Lipinski definition) is 2. The van der Waals surface area contributed by atoms with Gasteiger partial charge in [0.15, 0.2) is 12.7 Å². The third-order valence-corrected chi connectivity index (χ3v) is 7.72. The molecule has 9 heteroatoms. The molecule has 1 aromatic heterocycles. The zero-order valence-corrected chi connectivity index (χ0v) is 12.7. The number of carbonyl (C=O) groups is 1. The van der Waals surface area contributed by atoms with Crippen LogP contribution >= 0.6 is 32.5 Å². The number of hydrogen-bond acceptors (Lipinski definition) is 4. The molecule has 0 radical (unpaired) electrons. The molecule has 0 spiro atoms. The van der Waals surface area contributed by atoms with Crippen molar-refractivity contribution in [3.8, 4) is 0 Å². The molecule has 1 rings (SSSR count). The number of thiophene rings is 1. The summed E-state index contributed by atoms with van der Waals surface area (Å²) in [5.41, 5.74) is 3.55. The second-order valence-corrected chi connectivity index (χ2v) is 10.1. The Balaban J connectivity index is 3.40. The number of primary amides is 1. The van der Waals surface area contributed by atoms with Crippen LogP contribution in [0.4, 0.5) is 9.18 Å². The van der Waals surface area contributed by atoms with Gasteiger partial charge < -0.3 is 10.8 Å². The summed E-state index contributed by atoms with van der Waals surface area (Å²) in [5, 5.41) is 9.70. The molecule has 0 saturated heterocycles. The van der Waals surface area contributed by atoms with E-state index >= 15 is 0 Å². The van der Waals surface area contributed by atoms with Crippen molar-refractivity contribution in [2.45, 2.75) is 23.7 Å². The number of rotatable bonds is 2. The predicted octanol–water partition coefficient (Wildman–Crippen LogP) is 2.37. The fourth-order valence-corrected chi connectivity index (χ4v) is 5.18. The first-order valence-corrected chi connectivity index (χ1v) is 9.20. The Labute approximate surface area is 114 Å². The second-order valence-electron chi connectivity index (χ2n) is 3.69. The number of carbonyl (C=O) groups excluding carboxylic acids is 1. The van der Waals surface area contributed by atoms with Gasteiger partial charge in [0.1, 0.15) is 4.21 Å². The fraction of sp³-hybridized carbons (Fsp3) is 0.375. The Hall–Kier alpha value is -0.260. The first kappa shape index (κ1) is 14.8. The largest absolute Gasteiger partial charge is 0.385 e. The van der Waals surface area contributed by atoms with Crippen LogP contribution in [0.2, 0.25) is 0 Å². The molecule has 0 bridgehead atoms. The lowest BCUT2D eigenvalue weighted by Crippen LogP contribution is -2.12. The summed E-state index contributed by atoms with van der Waals surface area (Å²) in [6.07, 6.45) is 0.